The molecule has 1 aromatic rings. The molecule has 94 valence electrons. The highest BCUT2D eigenvalue weighted by molar-refractivity contribution is 9.10. The molecule has 0 heterocycles. The third-order valence-electron chi connectivity index (χ3n) is 1.95. The van der Waals surface area contributed by atoms with Gasteiger partial charge in [0, 0.05) is 23.0 Å². The minimum absolute atomic E-state index is 0.00190. The molecule has 0 radical (unpaired) electrons. The van der Waals surface area contributed by atoms with E-state index in [2.05, 4.69) is 21.2 Å². The number of carboxylic acid groups (broad SMARTS) is 1. The van der Waals surface area contributed by atoms with Crippen molar-refractivity contribution in [2.24, 2.45) is 0 Å². The third kappa shape index (κ3) is 5.18. The lowest BCUT2D eigenvalue weighted by Gasteiger charge is -2.07. The number of anilines is 1. The highest BCUT2D eigenvalue weighted by Crippen LogP contribution is 2.19. The largest absolute Gasteiger partial charge is 0.478 e. The van der Waals surface area contributed by atoms with Crippen molar-refractivity contribution in [3.05, 3.63) is 28.2 Å². The Labute approximate surface area is 108 Å². The van der Waals surface area contributed by atoms with E-state index in [4.69, 9.17) is 5.11 Å². The van der Waals surface area contributed by atoms with Crippen LogP contribution in [0.3, 0.4) is 0 Å². The molecule has 0 aromatic heterocycles. The van der Waals surface area contributed by atoms with Crippen LogP contribution in [0.2, 0.25) is 0 Å². The fourth-order valence-corrected chi connectivity index (χ4v) is 2.16. The smallest absolute Gasteiger partial charge is 0.335 e. The van der Waals surface area contributed by atoms with Crippen LogP contribution in [0.15, 0.2) is 22.7 Å². The summed E-state index contributed by atoms with van der Waals surface area (Å²) in [6, 6.07) is 4.62. The number of rotatable bonds is 5. The Bertz CT molecular complexity index is 527. The maximum absolute atomic E-state index is 10.9. The summed E-state index contributed by atoms with van der Waals surface area (Å²) in [6.45, 7) is 0.244. The average Bonchev–Trinajstić information content (AvgIpc) is 2.14. The molecule has 5 nitrogen and oxygen atoms in total. The molecule has 0 bridgehead atoms. The minimum atomic E-state index is -3.02. The topological polar surface area (TPSA) is 83.5 Å². The van der Waals surface area contributed by atoms with Crippen LogP contribution in [0.5, 0.6) is 0 Å². The minimum Gasteiger partial charge on any atom is -0.478 e. The van der Waals surface area contributed by atoms with E-state index >= 15 is 0 Å². The number of sulfone groups is 1. The molecule has 0 aliphatic rings. The van der Waals surface area contributed by atoms with E-state index in [0.29, 0.717) is 10.2 Å². The van der Waals surface area contributed by atoms with Gasteiger partial charge in [-0.05, 0) is 18.2 Å². The van der Waals surface area contributed by atoms with Gasteiger partial charge >= 0.3 is 5.97 Å². The van der Waals surface area contributed by atoms with Crippen molar-refractivity contribution in [2.75, 3.05) is 23.9 Å². The molecule has 0 unspecified atom stereocenters. The van der Waals surface area contributed by atoms with Gasteiger partial charge < -0.3 is 10.4 Å². The van der Waals surface area contributed by atoms with Crippen LogP contribution < -0.4 is 5.32 Å². The second-order valence-electron chi connectivity index (χ2n) is 3.59. The second-order valence-corrected chi connectivity index (χ2v) is 6.77. The van der Waals surface area contributed by atoms with Crippen LogP contribution in [0, 0.1) is 0 Å². The van der Waals surface area contributed by atoms with Crippen molar-refractivity contribution in [3.8, 4) is 0 Å². The summed E-state index contributed by atoms with van der Waals surface area (Å²) < 4.78 is 22.5. The quantitative estimate of drug-likeness (QED) is 0.860. The number of benzene rings is 1. The molecule has 0 aliphatic heterocycles. The predicted octanol–water partition coefficient (Wildman–Crippen LogP) is 1.60. The Morgan fingerprint density at radius 2 is 2.06 bits per heavy atom. The molecule has 0 amide bonds. The summed E-state index contributed by atoms with van der Waals surface area (Å²) in [6.07, 6.45) is 1.15. The summed E-state index contributed by atoms with van der Waals surface area (Å²) in [5.74, 6) is -1.03. The molecule has 0 saturated heterocycles. The fraction of sp³-hybridized carbons (Fsp3) is 0.300. The lowest BCUT2D eigenvalue weighted by Crippen LogP contribution is -2.14. The maximum atomic E-state index is 10.9. The zero-order chi connectivity index (χ0) is 13.1. The van der Waals surface area contributed by atoms with Gasteiger partial charge in [0.05, 0.1) is 11.3 Å². The van der Waals surface area contributed by atoms with Crippen molar-refractivity contribution in [2.45, 2.75) is 0 Å². The number of carbonyl (C=O) groups is 1. The number of aromatic carboxylic acids is 1. The first kappa shape index (κ1) is 14.0. The van der Waals surface area contributed by atoms with E-state index in [1.807, 2.05) is 0 Å². The van der Waals surface area contributed by atoms with Crippen LogP contribution in [0.1, 0.15) is 10.4 Å². The van der Waals surface area contributed by atoms with Gasteiger partial charge in [-0.2, -0.15) is 0 Å². The Hall–Kier alpha value is -1.08. The van der Waals surface area contributed by atoms with E-state index in [0.717, 1.165) is 6.26 Å². The van der Waals surface area contributed by atoms with E-state index in [1.165, 1.54) is 12.1 Å². The summed E-state index contributed by atoms with van der Waals surface area (Å²) in [5.41, 5.74) is 0.710. The molecule has 1 rings (SSSR count). The van der Waals surface area contributed by atoms with Gasteiger partial charge in [-0.15, -0.1) is 0 Å². The Balaban J connectivity index is 2.75. The van der Waals surface area contributed by atoms with E-state index in [-0.39, 0.29) is 17.9 Å². The molecule has 0 atom stereocenters. The van der Waals surface area contributed by atoms with Crippen molar-refractivity contribution in [1.82, 2.24) is 0 Å². The first-order valence-electron chi connectivity index (χ1n) is 4.73. The number of halogens is 1. The SMILES string of the molecule is CS(=O)(=O)CCNc1cc(Br)cc(C(=O)O)c1. The lowest BCUT2D eigenvalue weighted by atomic mass is 10.2. The summed E-state index contributed by atoms with van der Waals surface area (Å²) in [5, 5.41) is 11.7. The van der Waals surface area contributed by atoms with Crippen LogP contribution in [0.4, 0.5) is 5.69 Å². The van der Waals surface area contributed by atoms with Gasteiger partial charge in [-0.25, -0.2) is 13.2 Å². The first-order valence-corrected chi connectivity index (χ1v) is 7.59. The van der Waals surface area contributed by atoms with E-state index < -0.39 is 15.8 Å². The molecule has 1 aromatic carbocycles. The van der Waals surface area contributed by atoms with Gasteiger partial charge in [-0.1, -0.05) is 15.9 Å². The Morgan fingerprint density at radius 1 is 1.41 bits per heavy atom. The summed E-state index contributed by atoms with van der Waals surface area (Å²) in [4.78, 5) is 10.8. The number of hydrogen-bond donors (Lipinski definition) is 2. The molecule has 0 spiro atoms. The fourth-order valence-electron chi connectivity index (χ4n) is 1.20. The summed E-state index contributed by atoms with van der Waals surface area (Å²) in [7, 11) is -3.02. The molecule has 0 fully saturated rings. The van der Waals surface area contributed by atoms with Gasteiger partial charge in [-0.3, -0.25) is 0 Å². The van der Waals surface area contributed by atoms with Crippen molar-refractivity contribution < 1.29 is 18.3 Å². The predicted molar refractivity (Wildman–Crippen MR) is 69.3 cm³/mol. The van der Waals surface area contributed by atoms with Crippen LogP contribution in [-0.4, -0.2) is 38.0 Å². The highest BCUT2D eigenvalue weighted by Gasteiger charge is 2.06. The van der Waals surface area contributed by atoms with Gasteiger partial charge in [0.2, 0.25) is 0 Å². The maximum Gasteiger partial charge on any atom is 0.335 e. The van der Waals surface area contributed by atoms with Crippen LogP contribution >= 0.6 is 15.9 Å². The van der Waals surface area contributed by atoms with Crippen LogP contribution in [0.25, 0.3) is 0 Å². The van der Waals surface area contributed by atoms with E-state index in [9.17, 15) is 13.2 Å². The first-order chi connectivity index (χ1) is 7.78. The molecule has 7 heteroatoms. The van der Waals surface area contributed by atoms with Gasteiger partial charge in [0.15, 0.2) is 0 Å². The third-order valence-corrected chi connectivity index (χ3v) is 3.35. The molecule has 0 saturated carbocycles. The Kier molecular flexibility index (Phi) is 4.53. The molecular weight excluding hydrogens is 310 g/mol. The van der Waals surface area contributed by atoms with Crippen molar-refractivity contribution in [1.29, 1.82) is 0 Å². The normalized spacial score (nSPS) is 11.2. The second kappa shape index (κ2) is 5.50. The number of carboxylic acids is 1. The number of nitrogens with one attached hydrogen (secondary N) is 1. The molecule has 17 heavy (non-hydrogen) atoms. The van der Waals surface area contributed by atoms with E-state index in [1.54, 1.807) is 6.07 Å². The molecular formula is C10H12BrNO4S. The van der Waals surface area contributed by atoms with Gasteiger partial charge in [0.25, 0.3) is 0 Å². The standard InChI is InChI=1S/C10H12BrNO4S/c1-17(15,16)3-2-12-9-5-7(10(13)14)4-8(11)6-9/h4-6,12H,2-3H2,1H3,(H,13,14). The van der Waals surface area contributed by atoms with Gasteiger partial charge in [0.1, 0.15) is 9.84 Å². The van der Waals surface area contributed by atoms with Crippen LogP contribution in [-0.2, 0) is 9.84 Å². The Morgan fingerprint density at radius 3 is 2.59 bits per heavy atom. The molecule has 0 aliphatic carbocycles. The zero-order valence-electron chi connectivity index (χ0n) is 9.10. The van der Waals surface area contributed by atoms with Crippen molar-refractivity contribution >= 4 is 37.4 Å². The highest BCUT2D eigenvalue weighted by atomic mass is 79.9. The zero-order valence-corrected chi connectivity index (χ0v) is 11.5. The average molecular weight is 322 g/mol. The monoisotopic (exact) mass is 321 g/mol. The summed E-state index contributed by atoms with van der Waals surface area (Å²) >= 11 is 3.19. The van der Waals surface area contributed by atoms with Crippen molar-refractivity contribution in [3.63, 3.8) is 0 Å². The molecule has 2 N–H and O–H groups in total. The lowest BCUT2D eigenvalue weighted by molar-refractivity contribution is 0.0697. The number of hydrogen-bond acceptors (Lipinski definition) is 4.